The second-order valence-corrected chi connectivity index (χ2v) is 5.63. The summed E-state index contributed by atoms with van der Waals surface area (Å²) in [5.74, 6) is 3.16. The van der Waals surface area contributed by atoms with Crippen LogP contribution >= 0.6 is 0 Å². The third-order valence-corrected chi connectivity index (χ3v) is 4.15. The molecule has 1 aliphatic heterocycles. The van der Waals surface area contributed by atoms with Crippen molar-refractivity contribution in [1.29, 1.82) is 0 Å². The highest BCUT2D eigenvalue weighted by Gasteiger charge is 2.23. The second kappa shape index (κ2) is 6.22. The molecule has 1 fully saturated rings. The zero-order valence-electron chi connectivity index (χ0n) is 12.5. The molecule has 2 rings (SSSR count). The number of anilines is 1. The number of aryl methyl sites for hydroxylation is 1. The van der Waals surface area contributed by atoms with E-state index in [0.29, 0.717) is 0 Å². The summed E-state index contributed by atoms with van der Waals surface area (Å²) in [6.45, 7) is 8.83. The van der Waals surface area contributed by atoms with Crippen molar-refractivity contribution in [1.82, 2.24) is 9.97 Å². The van der Waals surface area contributed by atoms with Crippen LogP contribution in [0.5, 0.6) is 5.88 Å². The van der Waals surface area contributed by atoms with E-state index in [2.05, 4.69) is 35.6 Å². The van der Waals surface area contributed by atoms with E-state index in [1.54, 1.807) is 7.11 Å². The van der Waals surface area contributed by atoms with Gasteiger partial charge in [0.2, 0.25) is 11.8 Å². The molecule has 2 heterocycles. The molecule has 0 aromatic carbocycles. The molecule has 0 radical (unpaired) electrons. The average molecular weight is 263 g/mol. The van der Waals surface area contributed by atoms with E-state index in [1.807, 2.05) is 6.20 Å². The first-order valence-electron chi connectivity index (χ1n) is 7.30. The third-order valence-electron chi connectivity index (χ3n) is 4.15. The van der Waals surface area contributed by atoms with Crippen molar-refractivity contribution >= 4 is 5.95 Å². The van der Waals surface area contributed by atoms with Gasteiger partial charge in [-0.2, -0.15) is 4.98 Å². The summed E-state index contributed by atoms with van der Waals surface area (Å²) in [7, 11) is 1.68. The van der Waals surface area contributed by atoms with Crippen molar-refractivity contribution in [3.63, 3.8) is 0 Å². The summed E-state index contributed by atoms with van der Waals surface area (Å²) in [4.78, 5) is 11.3. The molecule has 106 valence electrons. The summed E-state index contributed by atoms with van der Waals surface area (Å²) in [6, 6.07) is 0. The van der Waals surface area contributed by atoms with Gasteiger partial charge in [0.1, 0.15) is 0 Å². The van der Waals surface area contributed by atoms with Crippen LogP contribution < -0.4 is 9.64 Å². The summed E-state index contributed by atoms with van der Waals surface area (Å²) in [5.41, 5.74) is 1.07. The van der Waals surface area contributed by atoms with E-state index in [4.69, 9.17) is 4.74 Å². The lowest BCUT2D eigenvalue weighted by Gasteiger charge is -2.33. The molecule has 0 amide bonds. The minimum atomic E-state index is 0.721. The van der Waals surface area contributed by atoms with E-state index in [9.17, 15) is 0 Å². The molecule has 0 atom stereocenters. The predicted molar refractivity (Wildman–Crippen MR) is 77.7 cm³/mol. The third kappa shape index (κ3) is 3.17. The van der Waals surface area contributed by atoms with Crippen LogP contribution in [0.3, 0.4) is 0 Å². The minimum absolute atomic E-state index is 0.721. The fourth-order valence-electron chi connectivity index (χ4n) is 2.72. The van der Waals surface area contributed by atoms with Gasteiger partial charge in [0.25, 0.3) is 0 Å². The molecule has 19 heavy (non-hydrogen) atoms. The van der Waals surface area contributed by atoms with Gasteiger partial charge in [-0.05, 0) is 31.1 Å². The zero-order valence-corrected chi connectivity index (χ0v) is 12.5. The Morgan fingerprint density at radius 2 is 2.05 bits per heavy atom. The van der Waals surface area contributed by atoms with Crippen LogP contribution in [-0.2, 0) is 6.42 Å². The summed E-state index contributed by atoms with van der Waals surface area (Å²) in [5, 5.41) is 0. The van der Waals surface area contributed by atoms with Gasteiger partial charge in [0.15, 0.2) is 0 Å². The Bertz CT molecular complexity index is 412. The standard InChI is InChI=1S/C15H25N3O/c1-5-12-10-16-15(17-14(12)19-4)18-8-6-13(7-9-18)11(2)3/h10-11,13H,5-9H2,1-4H3. The molecule has 0 N–H and O–H groups in total. The number of methoxy groups -OCH3 is 1. The van der Waals surface area contributed by atoms with E-state index in [-0.39, 0.29) is 0 Å². The monoisotopic (exact) mass is 263 g/mol. The lowest BCUT2D eigenvalue weighted by atomic mass is 9.87. The Labute approximate surface area is 116 Å². The predicted octanol–water partition coefficient (Wildman–Crippen LogP) is 2.92. The van der Waals surface area contributed by atoms with Gasteiger partial charge in [0.05, 0.1) is 7.11 Å². The first kappa shape index (κ1) is 14.1. The van der Waals surface area contributed by atoms with E-state index < -0.39 is 0 Å². The quantitative estimate of drug-likeness (QED) is 0.837. The Kier molecular flexibility index (Phi) is 4.61. The first-order chi connectivity index (χ1) is 9.15. The maximum Gasteiger partial charge on any atom is 0.228 e. The topological polar surface area (TPSA) is 38.2 Å². The number of piperidine rings is 1. The number of rotatable bonds is 4. The van der Waals surface area contributed by atoms with Crippen LogP contribution in [0.15, 0.2) is 6.20 Å². The van der Waals surface area contributed by atoms with Gasteiger partial charge in [0, 0.05) is 24.8 Å². The van der Waals surface area contributed by atoms with Crippen LogP contribution in [0.2, 0.25) is 0 Å². The van der Waals surface area contributed by atoms with Crippen LogP contribution in [-0.4, -0.2) is 30.2 Å². The second-order valence-electron chi connectivity index (χ2n) is 5.63. The van der Waals surface area contributed by atoms with Gasteiger partial charge in [-0.25, -0.2) is 4.98 Å². The van der Waals surface area contributed by atoms with Gasteiger partial charge in [-0.1, -0.05) is 20.8 Å². The Hall–Kier alpha value is -1.32. The molecular weight excluding hydrogens is 238 g/mol. The van der Waals surface area contributed by atoms with Crippen molar-refractivity contribution in [2.75, 3.05) is 25.1 Å². The molecule has 4 heteroatoms. The Balaban J connectivity index is 2.07. The van der Waals surface area contributed by atoms with Crippen molar-refractivity contribution < 1.29 is 4.74 Å². The summed E-state index contributed by atoms with van der Waals surface area (Å²) < 4.78 is 5.35. The van der Waals surface area contributed by atoms with Crippen molar-refractivity contribution in [3.8, 4) is 5.88 Å². The Morgan fingerprint density at radius 1 is 1.37 bits per heavy atom. The summed E-state index contributed by atoms with van der Waals surface area (Å²) in [6.07, 6.45) is 5.27. The lowest BCUT2D eigenvalue weighted by Crippen LogP contribution is -2.36. The summed E-state index contributed by atoms with van der Waals surface area (Å²) >= 11 is 0. The zero-order chi connectivity index (χ0) is 13.8. The van der Waals surface area contributed by atoms with Crippen molar-refractivity contribution in [2.24, 2.45) is 11.8 Å². The minimum Gasteiger partial charge on any atom is -0.481 e. The molecule has 1 aliphatic rings. The largest absolute Gasteiger partial charge is 0.481 e. The van der Waals surface area contributed by atoms with E-state index in [1.165, 1.54) is 12.8 Å². The maximum atomic E-state index is 5.35. The molecular formula is C15H25N3O. The molecule has 4 nitrogen and oxygen atoms in total. The highest BCUT2D eigenvalue weighted by atomic mass is 16.5. The molecule has 0 saturated carbocycles. The van der Waals surface area contributed by atoms with Gasteiger partial charge < -0.3 is 9.64 Å². The smallest absolute Gasteiger partial charge is 0.228 e. The van der Waals surface area contributed by atoms with Gasteiger partial charge in [-0.15, -0.1) is 0 Å². The molecule has 0 bridgehead atoms. The van der Waals surface area contributed by atoms with E-state index >= 15 is 0 Å². The maximum absolute atomic E-state index is 5.35. The van der Waals surface area contributed by atoms with Gasteiger partial charge >= 0.3 is 0 Å². The fraction of sp³-hybridized carbons (Fsp3) is 0.733. The van der Waals surface area contributed by atoms with Crippen molar-refractivity contribution in [2.45, 2.75) is 40.0 Å². The number of nitrogens with zero attached hydrogens (tertiary/aromatic N) is 3. The molecule has 1 aromatic rings. The SMILES string of the molecule is CCc1cnc(N2CCC(C(C)C)CC2)nc1OC. The highest BCUT2D eigenvalue weighted by molar-refractivity contribution is 5.36. The first-order valence-corrected chi connectivity index (χ1v) is 7.30. The molecule has 1 aromatic heterocycles. The Morgan fingerprint density at radius 3 is 2.58 bits per heavy atom. The highest BCUT2D eigenvalue weighted by Crippen LogP contribution is 2.27. The van der Waals surface area contributed by atoms with Crippen LogP contribution in [0, 0.1) is 11.8 Å². The molecule has 0 spiro atoms. The normalized spacial score (nSPS) is 17.0. The fourth-order valence-corrected chi connectivity index (χ4v) is 2.72. The van der Waals surface area contributed by atoms with Crippen molar-refractivity contribution in [3.05, 3.63) is 11.8 Å². The van der Waals surface area contributed by atoms with Crippen LogP contribution in [0.25, 0.3) is 0 Å². The molecule has 1 saturated heterocycles. The average Bonchev–Trinajstić information content (AvgIpc) is 2.46. The number of ether oxygens (including phenoxy) is 1. The number of hydrogen-bond donors (Lipinski definition) is 0. The number of hydrogen-bond acceptors (Lipinski definition) is 4. The molecule has 0 unspecified atom stereocenters. The van der Waals surface area contributed by atoms with Crippen LogP contribution in [0.4, 0.5) is 5.95 Å². The van der Waals surface area contributed by atoms with E-state index in [0.717, 1.165) is 48.7 Å². The van der Waals surface area contributed by atoms with Gasteiger partial charge in [-0.3, -0.25) is 0 Å². The van der Waals surface area contributed by atoms with Crippen LogP contribution in [0.1, 0.15) is 39.2 Å². The number of aromatic nitrogens is 2. The molecule has 0 aliphatic carbocycles. The lowest BCUT2D eigenvalue weighted by molar-refractivity contribution is 0.309.